The lowest BCUT2D eigenvalue weighted by Gasteiger charge is -2.37. The van der Waals surface area contributed by atoms with E-state index in [1.54, 1.807) is 23.4 Å². The van der Waals surface area contributed by atoms with E-state index in [9.17, 15) is 9.90 Å². The Kier molecular flexibility index (Phi) is 5.45. The fraction of sp³-hybridized carbons (Fsp3) is 0.348. The number of pyridine rings is 1. The molecule has 3 heterocycles. The van der Waals surface area contributed by atoms with Crippen molar-refractivity contribution in [3.8, 4) is 0 Å². The Hall–Kier alpha value is -2.99. The number of carbonyl (C=O) groups excluding carboxylic acids is 1. The minimum Gasteiger partial charge on any atom is -0.385 e. The summed E-state index contributed by atoms with van der Waals surface area (Å²) in [5.41, 5.74) is 1.86. The molecule has 0 aliphatic carbocycles. The summed E-state index contributed by atoms with van der Waals surface area (Å²) < 4.78 is 5.34. The summed E-state index contributed by atoms with van der Waals surface area (Å²) >= 11 is 0. The number of piperidine rings is 1. The first-order valence-corrected chi connectivity index (χ1v) is 9.98. The molecule has 6 heteroatoms. The number of benzene rings is 1. The molecule has 1 aliphatic heterocycles. The van der Waals surface area contributed by atoms with Crippen LogP contribution in [0.25, 0.3) is 0 Å². The van der Waals surface area contributed by atoms with Crippen molar-refractivity contribution in [2.24, 2.45) is 0 Å². The molecule has 1 atom stereocenters. The van der Waals surface area contributed by atoms with Crippen LogP contribution in [0.3, 0.4) is 0 Å². The predicted molar refractivity (Wildman–Crippen MR) is 108 cm³/mol. The van der Waals surface area contributed by atoms with Gasteiger partial charge in [0.2, 0.25) is 5.76 Å². The van der Waals surface area contributed by atoms with Crippen LogP contribution in [0.4, 0.5) is 0 Å². The zero-order valence-electron chi connectivity index (χ0n) is 16.5. The number of rotatable bonds is 5. The number of hydrogen-bond donors (Lipinski definition) is 1. The molecule has 1 saturated heterocycles. The number of aliphatic hydroxyl groups is 1. The first-order chi connectivity index (χ1) is 14.0. The second-order valence-electron chi connectivity index (χ2n) is 7.76. The Labute approximate surface area is 170 Å². The third-order valence-corrected chi connectivity index (χ3v) is 5.73. The van der Waals surface area contributed by atoms with Crippen molar-refractivity contribution >= 4 is 5.91 Å². The first-order valence-electron chi connectivity index (χ1n) is 9.98. The van der Waals surface area contributed by atoms with Gasteiger partial charge in [-0.15, -0.1) is 0 Å². The van der Waals surface area contributed by atoms with Gasteiger partial charge in [0, 0.05) is 37.1 Å². The van der Waals surface area contributed by atoms with Crippen molar-refractivity contribution < 1.29 is 14.4 Å². The summed E-state index contributed by atoms with van der Waals surface area (Å²) in [5, 5.41) is 15.0. The van der Waals surface area contributed by atoms with Crippen LogP contribution in [0, 0.1) is 0 Å². The number of amides is 1. The lowest BCUT2D eigenvalue weighted by Crippen LogP contribution is -2.45. The third kappa shape index (κ3) is 4.22. The minimum absolute atomic E-state index is 0.177. The number of aromatic nitrogens is 2. The second kappa shape index (κ2) is 8.17. The van der Waals surface area contributed by atoms with E-state index in [4.69, 9.17) is 4.52 Å². The van der Waals surface area contributed by atoms with E-state index in [1.807, 2.05) is 30.3 Å². The number of likely N-dealkylation sites (tertiary alicyclic amines) is 1. The van der Waals surface area contributed by atoms with Crippen LogP contribution in [0.1, 0.15) is 53.1 Å². The van der Waals surface area contributed by atoms with Gasteiger partial charge in [0.05, 0.1) is 11.3 Å². The number of carbonyl (C=O) groups is 1. The van der Waals surface area contributed by atoms with Crippen LogP contribution in [-0.4, -0.2) is 39.1 Å². The molecule has 0 spiro atoms. The average molecular weight is 391 g/mol. The highest BCUT2D eigenvalue weighted by molar-refractivity contribution is 5.91. The van der Waals surface area contributed by atoms with Gasteiger partial charge in [0.25, 0.3) is 5.91 Å². The maximum atomic E-state index is 12.8. The average Bonchev–Trinajstić information content (AvgIpc) is 3.23. The molecular formula is C23H25N3O3. The van der Waals surface area contributed by atoms with E-state index in [0.717, 1.165) is 11.3 Å². The summed E-state index contributed by atoms with van der Waals surface area (Å²) in [7, 11) is 0. The molecule has 29 heavy (non-hydrogen) atoms. The fourth-order valence-electron chi connectivity index (χ4n) is 3.88. The lowest BCUT2D eigenvalue weighted by molar-refractivity contribution is -0.0221. The lowest BCUT2D eigenvalue weighted by atomic mass is 9.85. The zero-order chi connectivity index (χ0) is 20.3. The van der Waals surface area contributed by atoms with E-state index < -0.39 is 5.60 Å². The largest absolute Gasteiger partial charge is 0.385 e. The van der Waals surface area contributed by atoms with Gasteiger partial charge in [-0.05, 0) is 36.8 Å². The molecule has 0 bridgehead atoms. The molecule has 3 aromatic rings. The molecule has 1 fully saturated rings. The van der Waals surface area contributed by atoms with Crippen LogP contribution in [0.5, 0.6) is 0 Å². The summed E-state index contributed by atoms with van der Waals surface area (Å²) in [6.45, 7) is 3.05. The van der Waals surface area contributed by atoms with Gasteiger partial charge in [-0.3, -0.25) is 9.78 Å². The van der Waals surface area contributed by atoms with E-state index in [0.29, 0.717) is 32.4 Å². The quantitative estimate of drug-likeness (QED) is 0.720. The minimum atomic E-state index is -0.942. The van der Waals surface area contributed by atoms with Crippen molar-refractivity contribution in [1.82, 2.24) is 15.0 Å². The zero-order valence-corrected chi connectivity index (χ0v) is 16.5. The molecule has 1 amide bonds. The highest BCUT2D eigenvalue weighted by Gasteiger charge is 2.36. The summed E-state index contributed by atoms with van der Waals surface area (Å²) in [4.78, 5) is 18.6. The summed E-state index contributed by atoms with van der Waals surface area (Å²) in [5.74, 6) is 0.366. The topological polar surface area (TPSA) is 79.5 Å². The van der Waals surface area contributed by atoms with Gasteiger partial charge >= 0.3 is 0 Å². The monoisotopic (exact) mass is 391 g/mol. The molecule has 4 rings (SSSR count). The molecular weight excluding hydrogens is 366 g/mol. The second-order valence-corrected chi connectivity index (χ2v) is 7.76. The van der Waals surface area contributed by atoms with E-state index in [2.05, 4.69) is 29.2 Å². The van der Waals surface area contributed by atoms with Gasteiger partial charge in [0.1, 0.15) is 0 Å². The maximum absolute atomic E-state index is 12.8. The van der Waals surface area contributed by atoms with E-state index >= 15 is 0 Å². The number of hydrogen-bond acceptors (Lipinski definition) is 5. The van der Waals surface area contributed by atoms with Crippen LogP contribution >= 0.6 is 0 Å². The van der Waals surface area contributed by atoms with Crippen molar-refractivity contribution in [1.29, 1.82) is 0 Å². The van der Waals surface area contributed by atoms with Gasteiger partial charge in [-0.25, -0.2) is 0 Å². The fourth-order valence-corrected chi connectivity index (χ4v) is 3.88. The normalized spacial score (nSPS) is 17.1. The highest BCUT2D eigenvalue weighted by Crippen LogP contribution is 2.32. The summed E-state index contributed by atoms with van der Waals surface area (Å²) in [6, 6.07) is 15.7. The van der Waals surface area contributed by atoms with E-state index in [1.165, 1.54) is 5.56 Å². The Morgan fingerprint density at radius 2 is 1.97 bits per heavy atom. The Morgan fingerprint density at radius 3 is 2.66 bits per heavy atom. The van der Waals surface area contributed by atoms with Crippen molar-refractivity contribution in [2.75, 3.05) is 13.1 Å². The van der Waals surface area contributed by atoms with Crippen molar-refractivity contribution in [3.05, 3.63) is 83.5 Å². The molecule has 1 N–H and O–H groups in total. The van der Waals surface area contributed by atoms with Crippen LogP contribution in [-0.2, 0) is 12.0 Å². The molecule has 1 aromatic carbocycles. The van der Waals surface area contributed by atoms with Gasteiger partial charge < -0.3 is 14.5 Å². The van der Waals surface area contributed by atoms with E-state index in [-0.39, 0.29) is 17.6 Å². The molecule has 1 unspecified atom stereocenters. The molecule has 2 aromatic heterocycles. The SMILES string of the molecule is CC(Cc1cc(C(=O)N2CCC(O)(c3cccnc3)CC2)on1)c1ccccc1. The van der Waals surface area contributed by atoms with Gasteiger partial charge in [-0.2, -0.15) is 0 Å². The standard InChI is InChI=1S/C23H25N3O3/c1-17(18-6-3-2-4-7-18)14-20-15-21(29-25-20)22(27)26-12-9-23(28,10-13-26)19-8-5-11-24-16-19/h2-8,11,15-17,28H,9-10,12-14H2,1H3. The Bertz CT molecular complexity index is 948. The highest BCUT2D eigenvalue weighted by atomic mass is 16.5. The molecule has 150 valence electrons. The smallest absolute Gasteiger partial charge is 0.292 e. The Balaban J connectivity index is 1.37. The molecule has 6 nitrogen and oxygen atoms in total. The number of nitrogens with zero attached hydrogens (tertiary/aromatic N) is 3. The van der Waals surface area contributed by atoms with Crippen LogP contribution in [0.15, 0.2) is 65.4 Å². The van der Waals surface area contributed by atoms with Crippen molar-refractivity contribution in [3.63, 3.8) is 0 Å². The first kappa shape index (κ1) is 19.3. The summed E-state index contributed by atoms with van der Waals surface area (Å²) in [6.07, 6.45) is 5.02. The van der Waals surface area contributed by atoms with Gasteiger partial charge in [0.15, 0.2) is 0 Å². The van der Waals surface area contributed by atoms with Crippen molar-refractivity contribution in [2.45, 2.75) is 37.7 Å². The van der Waals surface area contributed by atoms with Crippen LogP contribution < -0.4 is 0 Å². The van der Waals surface area contributed by atoms with Crippen LogP contribution in [0.2, 0.25) is 0 Å². The third-order valence-electron chi connectivity index (χ3n) is 5.73. The Morgan fingerprint density at radius 1 is 1.21 bits per heavy atom. The molecule has 0 radical (unpaired) electrons. The predicted octanol–water partition coefficient (Wildman–Crippen LogP) is 3.54. The molecule has 0 saturated carbocycles. The van der Waals surface area contributed by atoms with Gasteiger partial charge in [-0.1, -0.05) is 48.5 Å². The maximum Gasteiger partial charge on any atom is 0.292 e. The molecule has 1 aliphatic rings.